The Bertz CT molecular complexity index is 165. The zero-order chi connectivity index (χ0) is 10.1. The molecular weight excluding hydrogens is 160 g/mol. The van der Waals surface area contributed by atoms with E-state index in [2.05, 4.69) is 27.7 Å². The van der Waals surface area contributed by atoms with Crippen molar-refractivity contribution in [2.45, 2.75) is 59.0 Å². The lowest BCUT2D eigenvalue weighted by atomic mass is 9.68. The third kappa shape index (κ3) is 2.46. The SMILES string of the molecule is CC(C)CC1(O)CCCC(C)C1C. The second-order valence-electron chi connectivity index (χ2n) is 5.36. The van der Waals surface area contributed by atoms with Crippen LogP contribution in [0, 0.1) is 17.8 Å². The predicted octanol–water partition coefficient (Wildman–Crippen LogP) is 3.22. The smallest absolute Gasteiger partial charge is 0.0678 e. The standard InChI is InChI=1S/C12H24O/c1-9(2)8-12(13)7-5-6-10(3)11(12)4/h9-11,13H,5-8H2,1-4H3. The summed E-state index contributed by atoms with van der Waals surface area (Å²) in [4.78, 5) is 0. The van der Waals surface area contributed by atoms with Crippen LogP contribution in [0.2, 0.25) is 0 Å². The summed E-state index contributed by atoms with van der Waals surface area (Å²) >= 11 is 0. The van der Waals surface area contributed by atoms with Crippen molar-refractivity contribution in [1.82, 2.24) is 0 Å². The molecule has 1 fully saturated rings. The van der Waals surface area contributed by atoms with Gasteiger partial charge in [-0.3, -0.25) is 0 Å². The first-order chi connectivity index (χ1) is 5.96. The molecule has 1 rings (SSSR count). The molecule has 0 aromatic carbocycles. The van der Waals surface area contributed by atoms with Crippen LogP contribution in [0.4, 0.5) is 0 Å². The Labute approximate surface area is 82.5 Å². The first kappa shape index (κ1) is 11.0. The maximum atomic E-state index is 10.5. The van der Waals surface area contributed by atoms with E-state index in [4.69, 9.17) is 0 Å². The molecule has 3 atom stereocenters. The van der Waals surface area contributed by atoms with Crippen molar-refractivity contribution in [2.24, 2.45) is 17.8 Å². The number of aliphatic hydroxyl groups is 1. The van der Waals surface area contributed by atoms with E-state index in [9.17, 15) is 5.11 Å². The number of rotatable bonds is 2. The zero-order valence-corrected chi connectivity index (χ0v) is 9.51. The monoisotopic (exact) mass is 184 g/mol. The summed E-state index contributed by atoms with van der Waals surface area (Å²) in [5.41, 5.74) is -0.369. The molecule has 0 spiro atoms. The van der Waals surface area contributed by atoms with Gasteiger partial charge in [0, 0.05) is 0 Å². The fourth-order valence-corrected chi connectivity index (χ4v) is 2.73. The van der Waals surface area contributed by atoms with Crippen LogP contribution < -0.4 is 0 Å². The van der Waals surface area contributed by atoms with Gasteiger partial charge in [-0.05, 0) is 30.6 Å². The first-order valence-electron chi connectivity index (χ1n) is 5.68. The molecule has 0 bridgehead atoms. The third-order valence-corrected chi connectivity index (χ3v) is 3.73. The molecule has 0 saturated heterocycles. The Kier molecular flexibility index (Phi) is 3.39. The van der Waals surface area contributed by atoms with Crippen molar-refractivity contribution in [3.8, 4) is 0 Å². The highest BCUT2D eigenvalue weighted by atomic mass is 16.3. The van der Waals surface area contributed by atoms with Crippen LogP contribution in [-0.2, 0) is 0 Å². The molecular formula is C12H24O. The normalized spacial score (nSPS) is 41.1. The summed E-state index contributed by atoms with van der Waals surface area (Å²) in [6.45, 7) is 8.88. The Morgan fingerprint density at radius 1 is 1.38 bits per heavy atom. The summed E-state index contributed by atoms with van der Waals surface area (Å²) in [5, 5.41) is 10.5. The Morgan fingerprint density at radius 3 is 2.54 bits per heavy atom. The van der Waals surface area contributed by atoms with Crippen LogP contribution >= 0.6 is 0 Å². The van der Waals surface area contributed by atoms with Gasteiger partial charge in [0.25, 0.3) is 0 Å². The van der Waals surface area contributed by atoms with Crippen LogP contribution in [0.3, 0.4) is 0 Å². The molecule has 3 unspecified atom stereocenters. The van der Waals surface area contributed by atoms with Gasteiger partial charge in [-0.2, -0.15) is 0 Å². The quantitative estimate of drug-likeness (QED) is 0.698. The van der Waals surface area contributed by atoms with Crippen molar-refractivity contribution < 1.29 is 5.11 Å². The third-order valence-electron chi connectivity index (χ3n) is 3.73. The number of hydrogen-bond acceptors (Lipinski definition) is 1. The molecule has 1 heteroatoms. The second-order valence-corrected chi connectivity index (χ2v) is 5.36. The topological polar surface area (TPSA) is 20.2 Å². The van der Waals surface area contributed by atoms with Gasteiger partial charge < -0.3 is 5.11 Å². The fraction of sp³-hybridized carbons (Fsp3) is 1.00. The molecule has 0 aliphatic heterocycles. The Hall–Kier alpha value is -0.0400. The summed E-state index contributed by atoms with van der Waals surface area (Å²) < 4.78 is 0. The molecule has 1 N–H and O–H groups in total. The highest BCUT2D eigenvalue weighted by Crippen LogP contribution is 2.41. The highest BCUT2D eigenvalue weighted by molar-refractivity contribution is 4.91. The molecule has 0 radical (unpaired) electrons. The van der Waals surface area contributed by atoms with Gasteiger partial charge in [-0.25, -0.2) is 0 Å². The molecule has 0 heterocycles. The Balaban J connectivity index is 2.63. The molecule has 13 heavy (non-hydrogen) atoms. The number of hydrogen-bond donors (Lipinski definition) is 1. The van der Waals surface area contributed by atoms with E-state index in [1.54, 1.807) is 0 Å². The molecule has 1 nitrogen and oxygen atoms in total. The van der Waals surface area contributed by atoms with Crippen LogP contribution in [0.5, 0.6) is 0 Å². The van der Waals surface area contributed by atoms with Crippen LogP contribution in [-0.4, -0.2) is 10.7 Å². The molecule has 78 valence electrons. The minimum absolute atomic E-state index is 0.369. The highest BCUT2D eigenvalue weighted by Gasteiger charge is 2.39. The Morgan fingerprint density at radius 2 is 2.00 bits per heavy atom. The molecule has 1 saturated carbocycles. The van der Waals surface area contributed by atoms with Crippen molar-refractivity contribution in [1.29, 1.82) is 0 Å². The van der Waals surface area contributed by atoms with Crippen molar-refractivity contribution in [3.05, 3.63) is 0 Å². The van der Waals surface area contributed by atoms with Gasteiger partial charge in [0.05, 0.1) is 5.60 Å². The van der Waals surface area contributed by atoms with Crippen LogP contribution in [0.25, 0.3) is 0 Å². The van der Waals surface area contributed by atoms with E-state index in [0.717, 1.165) is 12.8 Å². The maximum Gasteiger partial charge on any atom is 0.0678 e. The predicted molar refractivity (Wildman–Crippen MR) is 56.6 cm³/mol. The second kappa shape index (κ2) is 4.00. The lowest BCUT2D eigenvalue weighted by molar-refractivity contribution is -0.0765. The fourth-order valence-electron chi connectivity index (χ4n) is 2.73. The van der Waals surface area contributed by atoms with Gasteiger partial charge in [0.15, 0.2) is 0 Å². The van der Waals surface area contributed by atoms with E-state index in [-0.39, 0.29) is 5.60 Å². The summed E-state index contributed by atoms with van der Waals surface area (Å²) in [7, 11) is 0. The first-order valence-corrected chi connectivity index (χ1v) is 5.68. The summed E-state index contributed by atoms with van der Waals surface area (Å²) in [6, 6.07) is 0. The zero-order valence-electron chi connectivity index (χ0n) is 9.51. The molecule has 0 aromatic heterocycles. The summed E-state index contributed by atoms with van der Waals surface area (Å²) in [6.07, 6.45) is 4.48. The van der Waals surface area contributed by atoms with Gasteiger partial charge >= 0.3 is 0 Å². The molecule has 0 aromatic rings. The van der Waals surface area contributed by atoms with Crippen LogP contribution in [0.15, 0.2) is 0 Å². The van der Waals surface area contributed by atoms with Gasteiger partial charge in [0.1, 0.15) is 0 Å². The van der Waals surface area contributed by atoms with Gasteiger partial charge in [-0.1, -0.05) is 40.5 Å². The van der Waals surface area contributed by atoms with Gasteiger partial charge in [-0.15, -0.1) is 0 Å². The largest absolute Gasteiger partial charge is 0.390 e. The van der Waals surface area contributed by atoms with E-state index in [0.29, 0.717) is 17.8 Å². The molecule has 1 aliphatic carbocycles. The van der Waals surface area contributed by atoms with Crippen LogP contribution in [0.1, 0.15) is 53.4 Å². The minimum Gasteiger partial charge on any atom is -0.390 e. The van der Waals surface area contributed by atoms with Gasteiger partial charge in [0.2, 0.25) is 0 Å². The van der Waals surface area contributed by atoms with E-state index < -0.39 is 0 Å². The van der Waals surface area contributed by atoms with E-state index >= 15 is 0 Å². The van der Waals surface area contributed by atoms with E-state index in [1.807, 2.05) is 0 Å². The van der Waals surface area contributed by atoms with Crippen molar-refractivity contribution in [2.75, 3.05) is 0 Å². The summed E-state index contributed by atoms with van der Waals surface area (Å²) in [5.74, 6) is 1.78. The van der Waals surface area contributed by atoms with E-state index in [1.165, 1.54) is 12.8 Å². The lowest BCUT2D eigenvalue weighted by Gasteiger charge is -2.43. The molecule has 1 aliphatic rings. The van der Waals surface area contributed by atoms with Crippen molar-refractivity contribution >= 4 is 0 Å². The average Bonchev–Trinajstić information content (AvgIpc) is 1.99. The van der Waals surface area contributed by atoms with Crippen molar-refractivity contribution in [3.63, 3.8) is 0 Å². The molecule has 0 amide bonds. The minimum atomic E-state index is -0.369. The average molecular weight is 184 g/mol. The maximum absolute atomic E-state index is 10.5. The lowest BCUT2D eigenvalue weighted by Crippen LogP contribution is -2.43.